The minimum Gasteiger partial charge on any atom is -0.390 e. The molecule has 0 amide bonds. The second kappa shape index (κ2) is 5.30. The highest BCUT2D eigenvalue weighted by atomic mass is 35.5. The van der Waals surface area contributed by atoms with Gasteiger partial charge in [-0.3, -0.25) is 0 Å². The van der Waals surface area contributed by atoms with Crippen LogP contribution in [0.4, 0.5) is 5.82 Å². The largest absolute Gasteiger partial charge is 0.390 e. The lowest BCUT2D eigenvalue weighted by atomic mass is 10.0. The van der Waals surface area contributed by atoms with Crippen LogP contribution in [0.15, 0.2) is 12.1 Å². The van der Waals surface area contributed by atoms with Gasteiger partial charge in [0, 0.05) is 5.88 Å². The Labute approximate surface area is 93.7 Å². The predicted molar refractivity (Wildman–Crippen MR) is 59.7 cm³/mol. The molecule has 1 aromatic heterocycles. The van der Waals surface area contributed by atoms with E-state index in [1.165, 1.54) is 0 Å². The molecule has 15 heavy (non-hydrogen) atoms. The number of anilines is 1. The van der Waals surface area contributed by atoms with Crippen LogP contribution in [-0.2, 0) is 0 Å². The van der Waals surface area contributed by atoms with Gasteiger partial charge in [0.15, 0.2) is 0 Å². The lowest BCUT2D eigenvalue weighted by Gasteiger charge is -2.18. The fourth-order valence-corrected chi connectivity index (χ4v) is 1.54. The first-order chi connectivity index (χ1) is 7.06. The van der Waals surface area contributed by atoms with E-state index in [0.717, 1.165) is 5.56 Å². The van der Waals surface area contributed by atoms with Crippen molar-refractivity contribution in [3.63, 3.8) is 0 Å². The number of nitrogens with zero attached hydrogens (tertiary/aromatic N) is 1. The van der Waals surface area contributed by atoms with E-state index in [1.54, 1.807) is 19.1 Å². The zero-order valence-corrected chi connectivity index (χ0v) is 9.28. The first-order valence-corrected chi connectivity index (χ1v) is 5.25. The number of pyridine rings is 1. The van der Waals surface area contributed by atoms with Crippen molar-refractivity contribution in [2.24, 2.45) is 0 Å². The lowest BCUT2D eigenvalue weighted by Crippen LogP contribution is -2.21. The molecule has 0 fully saturated rings. The minimum absolute atomic E-state index is 0.291. The number of nitrogen functional groups attached to an aromatic ring is 1. The predicted octanol–water partition coefficient (Wildman–Crippen LogP) is 0.995. The number of nitrogens with two attached hydrogens (primary N) is 1. The third kappa shape index (κ3) is 3.06. The number of rotatable bonds is 4. The van der Waals surface area contributed by atoms with E-state index in [9.17, 15) is 10.2 Å². The van der Waals surface area contributed by atoms with Gasteiger partial charge in [0.2, 0.25) is 0 Å². The molecule has 0 spiro atoms. The standard InChI is InChI=1S/C10H15ClN2O2/c1-6-2-3-8(12)13-9(6)10(15)7(14)4-5-11/h2-3,7,10,14-15H,4-5H2,1H3,(H2,12,13). The van der Waals surface area contributed by atoms with Crippen molar-refractivity contribution in [1.29, 1.82) is 0 Å². The summed E-state index contributed by atoms with van der Waals surface area (Å²) in [6.07, 6.45) is -1.62. The number of aliphatic hydroxyl groups excluding tert-OH is 2. The summed E-state index contributed by atoms with van der Waals surface area (Å²) in [5, 5.41) is 19.4. The normalized spacial score (nSPS) is 14.9. The van der Waals surface area contributed by atoms with Crippen LogP contribution in [0.3, 0.4) is 0 Å². The van der Waals surface area contributed by atoms with Gasteiger partial charge in [0.05, 0.1) is 11.8 Å². The second-order valence-corrected chi connectivity index (χ2v) is 3.81. The van der Waals surface area contributed by atoms with Crippen LogP contribution in [0, 0.1) is 6.92 Å². The van der Waals surface area contributed by atoms with E-state index in [4.69, 9.17) is 17.3 Å². The average molecular weight is 231 g/mol. The molecule has 0 aliphatic rings. The van der Waals surface area contributed by atoms with Crippen LogP contribution in [0.1, 0.15) is 23.8 Å². The molecule has 0 aliphatic carbocycles. The number of halogens is 1. The molecule has 84 valence electrons. The molecule has 1 heterocycles. The van der Waals surface area contributed by atoms with E-state index in [-0.39, 0.29) is 0 Å². The third-order valence-corrected chi connectivity index (χ3v) is 2.43. The number of aryl methyl sites for hydroxylation is 1. The van der Waals surface area contributed by atoms with Crippen molar-refractivity contribution in [1.82, 2.24) is 4.98 Å². The van der Waals surface area contributed by atoms with Gasteiger partial charge < -0.3 is 15.9 Å². The molecule has 2 atom stereocenters. The molecule has 0 radical (unpaired) electrons. The molecule has 0 aliphatic heterocycles. The molecule has 5 heteroatoms. The van der Waals surface area contributed by atoms with Crippen LogP contribution in [-0.4, -0.2) is 27.2 Å². The maximum atomic E-state index is 9.80. The maximum absolute atomic E-state index is 9.80. The Morgan fingerprint density at radius 2 is 2.13 bits per heavy atom. The molecule has 0 bridgehead atoms. The Morgan fingerprint density at radius 1 is 1.47 bits per heavy atom. The van der Waals surface area contributed by atoms with Gasteiger partial charge in [-0.1, -0.05) is 6.07 Å². The summed E-state index contributed by atoms with van der Waals surface area (Å²) < 4.78 is 0. The zero-order valence-electron chi connectivity index (χ0n) is 8.52. The number of alkyl halides is 1. The fourth-order valence-electron chi connectivity index (χ4n) is 1.31. The van der Waals surface area contributed by atoms with Gasteiger partial charge in [-0.25, -0.2) is 4.98 Å². The van der Waals surface area contributed by atoms with Crippen molar-refractivity contribution < 1.29 is 10.2 Å². The number of aromatic nitrogens is 1. The highest BCUT2D eigenvalue weighted by Crippen LogP contribution is 2.21. The summed E-state index contributed by atoms with van der Waals surface area (Å²) in [5.74, 6) is 0.618. The van der Waals surface area contributed by atoms with E-state index in [1.807, 2.05) is 0 Å². The molecule has 0 saturated heterocycles. The first kappa shape index (κ1) is 12.2. The molecule has 0 saturated carbocycles. The van der Waals surface area contributed by atoms with Crippen molar-refractivity contribution in [2.45, 2.75) is 25.6 Å². The summed E-state index contributed by atoms with van der Waals surface area (Å²) in [5.41, 5.74) is 6.72. The molecule has 1 aromatic rings. The average Bonchev–Trinajstić information content (AvgIpc) is 2.21. The Balaban J connectivity index is 2.89. The van der Waals surface area contributed by atoms with E-state index in [2.05, 4.69) is 4.98 Å². The monoisotopic (exact) mass is 230 g/mol. The highest BCUT2D eigenvalue weighted by Gasteiger charge is 2.20. The van der Waals surface area contributed by atoms with Crippen LogP contribution in [0.2, 0.25) is 0 Å². The Hall–Kier alpha value is -0.840. The van der Waals surface area contributed by atoms with Crippen LogP contribution >= 0.6 is 11.6 Å². The van der Waals surface area contributed by atoms with Gasteiger partial charge in [0.1, 0.15) is 11.9 Å². The SMILES string of the molecule is Cc1ccc(N)nc1C(O)C(O)CCCl. The van der Waals surface area contributed by atoms with Gasteiger partial charge in [-0.15, -0.1) is 11.6 Å². The maximum Gasteiger partial charge on any atom is 0.123 e. The molecule has 4 nitrogen and oxygen atoms in total. The lowest BCUT2D eigenvalue weighted by molar-refractivity contribution is 0.0141. The highest BCUT2D eigenvalue weighted by molar-refractivity contribution is 6.17. The number of hydrogen-bond donors (Lipinski definition) is 3. The van der Waals surface area contributed by atoms with Crippen molar-refractivity contribution in [3.05, 3.63) is 23.4 Å². The number of aliphatic hydroxyl groups is 2. The summed E-state index contributed by atoms with van der Waals surface area (Å²) in [7, 11) is 0. The number of hydrogen-bond acceptors (Lipinski definition) is 4. The van der Waals surface area contributed by atoms with Gasteiger partial charge >= 0.3 is 0 Å². The van der Waals surface area contributed by atoms with Crippen molar-refractivity contribution >= 4 is 17.4 Å². The van der Waals surface area contributed by atoms with Crippen LogP contribution in [0.25, 0.3) is 0 Å². The zero-order chi connectivity index (χ0) is 11.4. The Kier molecular flexibility index (Phi) is 4.32. The van der Waals surface area contributed by atoms with Crippen LogP contribution in [0.5, 0.6) is 0 Å². The topological polar surface area (TPSA) is 79.4 Å². The smallest absolute Gasteiger partial charge is 0.123 e. The van der Waals surface area contributed by atoms with E-state index < -0.39 is 12.2 Å². The quantitative estimate of drug-likeness (QED) is 0.674. The summed E-state index contributed by atoms with van der Waals surface area (Å²) >= 11 is 5.48. The molecular formula is C10H15ClN2O2. The Bertz CT molecular complexity index is 333. The van der Waals surface area contributed by atoms with Gasteiger partial charge in [0.25, 0.3) is 0 Å². The summed E-state index contributed by atoms with van der Waals surface area (Å²) in [6.45, 7) is 1.80. The molecule has 1 rings (SSSR count). The van der Waals surface area contributed by atoms with Crippen molar-refractivity contribution in [3.8, 4) is 0 Å². The molecular weight excluding hydrogens is 216 g/mol. The molecule has 2 unspecified atom stereocenters. The Morgan fingerprint density at radius 3 is 2.73 bits per heavy atom. The summed E-state index contributed by atoms with van der Waals surface area (Å²) in [6, 6.07) is 3.41. The van der Waals surface area contributed by atoms with Crippen molar-refractivity contribution in [2.75, 3.05) is 11.6 Å². The minimum atomic E-state index is -1.03. The molecule has 0 aromatic carbocycles. The first-order valence-electron chi connectivity index (χ1n) is 4.71. The fraction of sp³-hybridized carbons (Fsp3) is 0.500. The van der Waals surface area contributed by atoms with Crippen LogP contribution < -0.4 is 5.73 Å². The molecule has 4 N–H and O–H groups in total. The van der Waals surface area contributed by atoms with E-state index in [0.29, 0.717) is 23.8 Å². The van der Waals surface area contributed by atoms with E-state index >= 15 is 0 Å². The summed E-state index contributed by atoms with van der Waals surface area (Å²) in [4.78, 5) is 4.00. The van der Waals surface area contributed by atoms with Gasteiger partial charge in [-0.05, 0) is 25.0 Å². The van der Waals surface area contributed by atoms with Gasteiger partial charge in [-0.2, -0.15) is 0 Å². The third-order valence-electron chi connectivity index (χ3n) is 2.21. The second-order valence-electron chi connectivity index (χ2n) is 3.43.